The molecule has 0 amide bonds. The lowest BCUT2D eigenvalue weighted by molar-refractivity contribution is -0.112. The molecule has 0 atom stereocenters. The summed E-state index contributed by atoms with van der Waals surface area (Å²) in [5.74, 6) is -0.147. The van der Waals surface area contributed by atoms with Crippen LogP contribution in [0.2, 0.25) is 0 Å². The Morgan fingerprint density at radius 2 is 1.64 bits per heavy atom. The normalized spacial score (nSPS) is 14.2. The molecule has 0 saturated carbocycles. The van der Waals surface area contributed by atoms with Gasteiger partial charge < -0.3 is 0 Å². The van der Waals surface area contributed by atoms with Gasteiger partial charge in [0.1, 0.15) is 0 Å². The first-order chi connectivity index (χ1) is 6.34. The predicted molar refractivity (Wildman–Crippen MR) is 48.8 cm³/mol. The lowest BCUT2D eigenvalue weighted by atomic mass is 10.2. The van der Waals surface area contributed by atoms with Crippen LogP contribution in [0.5, 0.6) is 0 Å². The third-order valence-electron chi connectivity index (χ3n) is 1.35. The first-order valence-corrected chi connectivity index (χ1v) is 3.93. The molecule has 0 N–H and O–H groups in total. The van der Waals surface area contributed by atoms with Crippen LogP contribution in [-0.4, -0.2) is 12.0 Å². The van der Waals surface area contributed by atoms with Gasteiger partial charge in [0.2, 0.25) is 0 Å². The number of ketones is 1. The van der Waals surface area contributed by atoms with E-state index in [4.69, 9.17) is 0 Å². The van der Waals surface area contributed by atoms with Gasteiger partial charge in [0.25, 0.3) is 0 Å². The Labute approximate surface area is 80.6 Å². The van der Waals surface area contributed by atoms with E-state index in [1.54, 1.807) is 0 Å². The maximum absolute atomic E-state index is 11.9. The summed E-state index contributed by atoms with van der Waals surface area (Å²) in [7, 11) is 0. The molecule has 0 aromatic rings. The Morgan fingerprint density at radius 3 is 2.07 bits per heavy atom. The number of hydrogen-bond donors (Lipinski definition) is 0. The second-order valence-corrected chi connectivity index (χ2v) is 2.70. The van der Waals surface area contributed by atoms with Crippen molar-refractivity contribution < 1.29 is 18.0 Å². The van der Waals surface area contributed by atoms with Crippen LogP contribution in [0.3, 0.4) is 0 Å². The summed E-state index contributed by atoms with van der Waals surface area (Å²) in [6.45, 7) is 2.35. The molecule has 78 valence electrons. The second-order valence-electron chi connectivity index (χ2n) is 2.70. The predicted octanol–water partition coefficient (Wildman–Crippen LogP) is 3.20. The summed E-state index contributed by atoms with van der Waals surface area (Å²) in [5, 5.41) is 0. The van der Waals surface area contributed by atoms with E-state index in [1.165, 1.54) is 31.2 Å². The van der Waals surface area contributed by atoms with Gasteiger partial charge >= 0.3 is 6.18 Å². The Kier molecular flexibility index (Phi) is 4.91. The standard InChI is InChI=1S/C10H11F3O/c1-8(10(11,12)13)6-4-3-5-7-9(2)14/h3-7H,1-2H3/b4-3-,7-5+,8-6+. The van der Waals surface area contributed by atoms with Crippen LogP contribution in [0.15, 0.2) is 36.0 Å². The summed E-state index contributed by atoms with van der Waals surface area (Å²) in [4.78, 5) is 10.4. The molecule has 0 bridgehead atoms. The highest BCUT2D eigenvalue weighted by atomic mass is 19.4. The number of allylic oxidation sites excluding steroid dienone is 6. The topological polar surface area (TPSA) is 17.1 Å². The van der Waals surface area contributed by atoms with Gasteiger partial charge in [-0.15, -0.1) is 0 Å². The van der Waals surface area contributed by atoms with E-state index in [1.807, 2.05) is 0 Å². The van der Waals surface area contributed by atoms with Crippen molar-refractivity contribution in [1.82, 2.24) is 0 Å². The molecule has 0 aliphatic heterocycles. The zero-order valence-electron chi connectivity index (χ0n) is 7.93. The minimum Gasteiger partial charge on any atom is -0.295 e. The lowest BCUT2D eigenvalue weighted by Crippen LogP contribution is -2.08. The number of carbonyl (C=O) groups excluding carboxylic acids is 1. The van der Waals surface area contributed by atoms with Crippen molar-refractivity contribution in [3.63, 3.8) is 0 Å². The fourth-order valence-electron chi connectivity index (χ4n) is 0.550. The third-order valence-corrected chi connectivity index (χ3v) is 1.35. The number of halogens is 3. The minimum absolute atomic E-state index is 0.147. The van der Waals surface area contributed by atoms with Gasteiger partial charge in [0.05, 0.1) is 0 Å². The molecule has 4 heteroatoms. The molecular weight excluding hydrogens is 193 g/mol. The van der Waals surface area contributed by atoms with Gasteiger partial charge in [0.15, 0.2) is 5.78 Å². The van der Waals surface area contributed by atoms with Crippen molar-refractivity contribution in [1.29, 1.82) is 0 Å². The second kappa shape index (κ2) is 5.42. The monoisotopic (exact) mass is 204 g/mol. The van der Waals surface area contributed by atoms with E-state index in [0.29, 0.717) is 0 Å². The van der Waals surface area contributed by atoms with Gasteiger partial charge in [-0.25, -0.2) is 0 Å². The van der Waals surface area contributed by atoms with Crippen LogP contribution in [0, 0.1) is 0 Å². The van der Waals surface area contributed by atoms with Crippen LogP contribution in [0.4, 0.5) is 13.2 Å². The van der Waals surface area contributed by atoms with E-state index in [0.717, 1.165) is 13.0 Å². The van der Waals surface area contributed by atoms with Crippen LogP contribution < -0.4 is 0 Å². The number of alkyl halides is 3. The molecule has 0 rings (SSSR count). The highest BCUT2D eigenvalue weighted by Gasteiger charge is 2.29. The average molecular weight is 204 g/mol. The quantitative estimate of drug-likeness (QED) is 0.509. The van der Waals surface area contributed by atoms with Crippen molar-refractivity contribution in [2.45, 2.75) is 20.0 Å². The van der Waals surface area contributed by atoms with Crippen molar-refractivity contribution in [2.24, 2.45) is 0 Å². The van der Waals surface area contributed by atoms with Crippen LogP contribution in [0.25, 0.3) is 0 Å². The molecule has 0 fully saturated rings. The molecule has 0 spiro atoms. The molecule has 0 aromatic carbocycles. The Morgan fingerprint density at radius 1 is 1.07 bits per heavy atom. The Bertz CT molecular complexity index is 282. The van der Waals surface area contributed by atoms with E-state index >= 15 is 0 Å². The Balaban J connectivity index is 4.23. The first kappa shape index (κ1) is 12.7. The maximum atomic E-state index is 11.9. The van der Waals surface area contributed by atoms with Crippen LogP contribution >= 0.6 is 0 Å². The highest BCUT2D eigenvalue weighted by Crippen LogP contribution is 2.24. The fourth-order valence-corrected chi connectivity index (χ4v) is 0.550. The minimum atomic E-state index is -4.28. The number of rotatable bonds is 3. The van der Waals surface area contributed by atoms with Gasteiger partial charge in [-0.05, 0) is 19.9 Å². The summed E-state index contributed by atoms with van der Waals surface area (Å²) < 4.78 is 35.7. The molecule has 14 heavy (non-hydrogen) atoms. The van der Waals surface area contributed by atoms with Crippen molar-refractivity contribution >= 4 is 5.78 Å². The molecule has 0 unspecified atom stereocenters. The Hall–Kier alpha value is -1.32. The van der Waals surface area contributed by atoms with E-state index in [2.05, 4.69) is 0 Å². The molecule has 0 radical (unpaired) electrons. The molecular formula is C10H11F3O. The lowest BCUT2D eigenvalue weighted by Gasteiger charge is -2.03. The SMILES string of the molecule is CC(=O)/C=C/C=C\C=C(/C)C(F)(F)F. The third kappa shape index (κ3) is 6.22. The molecule has 0 aliphatic rings. The summed E-state index contributed by atoms with van der Waals surface area (Å²) in [6.07, 6.45) is 1.94. The highest BCUT2D eigenvalue weighted by molar-refractivity contribution is 5.87. The van der Waals surface area contributed by atoms with Crippen molar-refractivity contribution in [2.75, 3.05) is 0 Å². The molecule has 1 nitrogen and oxygen atoms in total. The summed E-state index contributed by atoms with van der Waals surface area (Å²) in [6, 6.07) is 0. The van der Waals surface area contributed by atoms with E-state index in [9.17, 15) is 18.0 Å². The first-order valence-electron chi connectivity index (χ1n) is 3.93. The number of hydrogen-bond acceptors (Lipinski definition) is 1. The maximum Gasteiger partial charge on any atom is 0.412 e. The van der Waals surface area contributed by atoms with Crippen molar-refractivity contribution in [3.8, 4) is 0 Å². The zero-order chi connectivity index (χ0) is 11.2. The largest absolute Gasteiger partial charge is 0.412 e. The van der Waals surface area contributed by atoms with E-state index < -0.39 is 11.7 Å². The molecule has 0 aromatic heterocycles. The summed E-state index contributed by atoms with van der Waals surface area (Å²) >= 11 is 0. The van der Waals surface area contributed by atoms with Crippen LogP contribution in [-0.2, 0) is 4.79 Å². The fraction of sp³-hybridized carbons (Fsp3) is 0.300. The zero-order valence-corrected chi connectivity index (χ0v) is 7.93. The molecule has 0 aliphatic carbocycles. The van der Waals surface area contributed by atoms with Crippen LogP contribution in [0.1, 0.15) is 13.8 Å². The van der Waals surface area contributed by atoms with Crippen molar-refractivity contribution in [3.05, 3.63) is 36.0 Å². The summed E-state index contributed by atoms with van der Waals surface area (Å²) in [5.41, 5.74) is -0.676. The number of carbonyl (C=O) groups is 1. The molecule has 0 saturated heterocycles. The van der Waals surface area contributed by atoms with Gasteiger partial charge in [-0.2, -0.15) is 13.2 Å². The van der Waals surface area contributed by atoms with Gasteiger partial charge in [-0.3, -0.25) is 4.79 Å². The smallest absolute Gasteiger partial charge is 0.295 e. The average Bonchev–Trinajstić information content (AvgIpc) is 2.01. The van der Waals surface area contributed by atoms with Gasteiger partial charge in [0, 0.05) is 5.57 Å². The van der Waals surface area contributed by atoms with Gasteiger partial charge in [-0.1, -0.05) is 24.3 Å². The molecule has 0 heterocycles. The van der Waals surface area contributed by atoms with E-state index in [-0.39, 0.29) is 5.78 Å².